The topological polar surface area (TPSA) is 231 Å². The van der Waals surface area contributed by atoms with Crippen molar-refractivity contribution in [2.75, 3.05) is 69.5 Å². The van der Waals surface area contributed by atoms with Gasteiger partial charge in [-0.15, -0.1) is 0 Å². The Kier molecular flexibility index (Phi) is 14.5. The number of benzene rings is 2. The summed E-state index contributed by atoms with van der Waals surface area (Å²) in [6.07, 6.45) is 6.55. The van der Waals surface area contributed by atoms with Crippen molar-refractivity contribution in [1.29, 1.82) is 0 Å². The fourth-order valence-corrected chi connectivity index (χ4v) is 6.38. The van der Waals surface area contributed by atoms with Gasteiger partial charge in [0.05, 0.1) is 66.2 Å². The number of carbonyl (C=O) groups excluding carboxylic acids is 2. The average molecular weight is 905 g/mol. The Morgan fingerprint density at radius 2 is 0.821 bits per heavy atom. The quantitative estimate of drug-likeness (QED) is 0.0781. The van der Waals surface area contributed by atoms with Crippen molar-refractivity contribution in [3.05, 3.63) is 85.5 Å². The molecule has 56 heavy (non-hydrogen) atoms. The molecule has 4 heterocycles. The van der Waals surface area contributed by atoms with E-state index < -0.39 is 49.4 Å². The molecule has 6 aromatic rings. The van der Waals surface area contributed by atoms with Crippen molar-refractivity contribution in [2.45, 2.75) is 0 Å². The molecule has 0 aliphatic carbocycles. The van der Waals surface area contributed by atoms with E-state index in [9.17, 15) is 39.3 Å². The fourth-order valence-electron chi connectivity index (χ4n) is 6.38. The van der Waals surface area contributed by atoms with E-state index in [4.69, 9.17) is 0 Å². The number of hydrogen-bond acceptors (Lipinski definition) is 12. The molecule has 1 radical (unpaired) electrons. The number of nitrogens with one attached hydrogen (secondary N) is 2. The van der Waals surface area contributed by atoms with Crippen LogP contribution in [0.2, 0.25) is 0 Å². The van der Waals surface area contributed by atoms with Gasteiger partial charge in [0.25, 0.3) is 0 Å². The van der Waals surface area contributed by atoms with E-state index in [1.807, 2.05) is 12.1 Å². The van der Waals surface area contributed by atoms with E-state index in [0.29, 0.717) is 44.2 Å². The van der Waals surface area contributed by atoms with E-state index in [0.717, 1.165) is 10.8 Å². The number of amides is 2. The van der Waals surface area contributed by atoms with Crippen LogP contribution in [0.5, 0.6) is 0 Å². The standard InChI is InChI=1S/C38H37N9O8.Gd/c48-30(43-28-17-24-5-1-9-39-35(24)37-26(28)7-3-11-41-37)19-46(22-33(52)53)15-13-45(21-32(50)51)14-16-47(23-34(54)55)20-31(49)44-29-18-25-6-2-10-40-36(25)38-27(29)8-4-12-42-38;/h1-12,17-18H,13-16,19-23H2,(H,43,48)(H,44,49)(H,50,51)(H,52,53)(H,54,55);/q;+3. The molecule has 0 atom stereocenters. The van der Waals surface area contributed by atoms with Gasteiger partial charge in [0.15, 0.2) is 0 Å². The molecule has 0 saturated heterocycles. The fraction of sp³-hybridized carbons (Fsp3) is 0.237. The Morgan fingerprint density at radius 3 is 1.21 bits per heavy atom. The molecule has 0 spiro atoms. The van der Waals surface area contributed by atoms with Gasteiger partial charge in [-0.05, 0) is 48.5 Å². The molecule has 287 valence electrons. The smallest absolute Gasteiger partial charge is 0.480 e. The number of aromatic nitrogens is 4. The zero-order chi connectivity index (χ0) is 38.9. The predicted molar refractivity (Wildman–Crippen MR) is 204 cm³/mol. The van der Waals surface area contributed by atoms with Crippen molar-refractivity contribution < 1.29 is 79.2 Å². The molecule has 0 aliphatic rings. The molecule has 0 unspecified atom stereocenters. The summed E-state index contributed by atoms with van der Waals surface area (Å²) in [5.41, 5.74) is 3.46. The minimum Gasteiger partial charge on any atom is -0.480 e. The molecule has 6 rings (SSSR count). The van der Waals surface area contributed by atoms with Crippen LogP contribution in [0.15, 0.2) is 85.5 Å². The molecule has 18 heteroatoms. The number of nitrogens with zero attached hydrogens (tertiary/aromatic N) is 7. The van der Waals surface area contributed by atoms with E-state index >= 15 is 0 Å². The number of hydrogen-bond donors (Lipinski definition) is 5. The van der Waals surface area contributed by atoms with Gasteiger partial charge in [0.2, 0.25) is 11.8 Å². The summed E-state index contributed by atoms with van der Waals surface area (Å²) in [5, 5.41) is 37.4. The van der Waals surface area contributed by atoms with E-state index in [1.54, 1.807) is 73.3 Å². The molecule has 0 saturated carbocycles. The minimum atomic E-state index is -1.19. The maximum atomic E-state index is 13.3. The number of pyridine rings is 4. The number of carbonyl (C=O) groups is 5. The number of carboxylic acids is 3. The van der Waals surface area contributed by atoms with E-state index in [2.05, 4.69) is 30.6 Å². The molecular formula is C38H37GdN9O8+3. The van der Waals surface area contributed by atoms with Crippen LogP contribution in [0.3, 0.4) is 0 Å². The first-order valence-electron chi connectivity index (χ1n) is 17.2. The first kappa shape index (κ1) is 41.8. The van der Waals surface area contributed by atoms with Gasteiger partial charge in [-0.3, -0.25) is 58.6 Å². The molecule has 0 fully saturated rings. The zero-order valence-corrected chi connectivity index (χ0v) is 32.1. The first-order valence-corrected chi connectivity index (χ1v) is 17.2. The maximum absolute atomic E-state index is 13.3. The third-order valence-corrected chi connectivity index (χ3v) is 8.75. The third-order valence-electron chi connectivity index (χ3n) is 8.75. The average Bonchev–Trinajstić information content (AvgIpc) is 3.15. The Hall–Kier alpha value is -5.37. The largest absolute Gasteiger partial charge is 3.00 e. The van der Waals surface area contributed by atoms with Gasteiger partial charge in [-0.25, -0.2) is 0 Å². The normalized spacial score (nSPS) is 11.3. The van der Waals surface area contributed by atoms with Crippen LogP contribution >= 0.6 is 0 Å². The van der Waals surface area contributed by atoms with Gasteiger partial charge in [0, 0.05) is 72.5 Å². The number of aliphatic carboxylic acids is 3. The number of anilines is 2. The maximum Gasteiger partial charge on any atom is 3.00 e. The summed E-state index contributed by atoms with van der Waals surface area (Å²) in [7, 11) is 0. The van der Waals surface area contributed by atoms with Crippen molar-refractivity contribution in [3.63, 3.8) is 0 Å². The molecular weight excluding hydrogens is 868 g/mol. The summed E-state index contributed by atoms with van der Waals surface area (Å²) < 4.78 is 0. The SMILES string of the molecule is O=C(O)CN(CCN(CC(=O)O)CC(=O)Nc1cc2cccnc2c2ncccc12)CCN(CC(=O)O)CC(=O)Nc1cc2cccnc2c2ncccc12.[Gd+3]. The number of carboxylic acid groups (broad SMARTS) is 3. The van der Waals surface area contributed by atoms with E-state index in [1.165, 1.54) is 14.7 Å². The van der Waals surface area contributed by atoms with Crippen molar-refractivity contribution in [2.24, 2.45) is 0 Å². The zero-order valence-electron chi connectivity index (χ0n) is 29.8. The van der Waals surface area contributed by atoms with Crippen LogP contribution in [0, 0.1) is 39.9 Å². The van der Waals surface area contributed by atoms with Gasteiger partial charge in [-0.1, -0.05) is 12.1 Å². The van der Waals surface area contributed by atoms with Crippen molar-refractivity contribution in [3.8, 4) is 0 Å². The van der Waals surface area contributed by atoms with Crippen LogP contribution in [0.25, 0.3) is 43.6 Å². The first-order chi connectivity index (χ1) is 26.5. The monoisotopic (exact) mass is 905 g/mol. The van der Waals surface area contributed by atoms with Crippen LogP contribution in [-0.2, 0) is 24.0 Å². The van der Waals surface area contributed by atoms with Crippen LogP contribution in [0.1, 0.15) is 0 Å². The number of fused-ring (bicyclic) bond motifs is 6. The Bertz CT molecular complexity index is 2260. The van der Waals surface area contributed by atoms with Gasteiger partial charge < -0.3 is 26.0 Å². The summed E-state index contributed by atoms with van der Waals surface area (Å²) in [6, 6.07) is 17.8. The minimum absolute atomic E-state index is 0. The van der Waals surface area contributed by atoms with Crippen LogP contribution in [0.4, 0.5) is 11.4 Å². The number of rotatable bonds is 18. The van der Waals surface area contributed by atoms with Gasteiger partial charge >= 0.3 is 57.8 Å². The Balaban J connectivity index is 0.00000600. The van der Waals surface area contributed by atoms with Crippen LogP contribution < -0.4 is 10.6 Å². The molecule has 2 aromatic carbocycles. The third kappa shape index (κ3) is 10.9. The summed E-state index contributed by atoms with van der Waals surface area (Å²) in [5.74, 6) is -4.53. The summed E-state index contributed by atoms with van der Waals surface area (Å²) in [6.45, 7) is -2.05. The molecule has 0 aliphatic heterocycles. The second-order valence-corrected chi connectivity index (χ2v) is 12.8. The van der Waals surface area contributed by atoms with Crippen molar-refractivity contribution in [1.82, 2.24) is 34.6 Å². The molecule has 0 bridgehead atoms. The van der Waals surface area contributed by atoms with Gasteiger partial charge in [-0.2, -0.15) is 0 Å². The Labute approximate surface area is 351 Å². The van der Waals surface area contributed by atoms with Crippen molar-refractivity contribution >= 4 is 84.7 Å². The summed E-state index contributed by atoms with van der Waals surface area (Å²) >= 11 is 0. The summed E-state index contributed by atoms with van der Waals surface area (Å²) in [4.78, 5) is 83.9. The Morgan fingerprint density at radius 1 is 0.482 bits per heavy atom. The van der Waals surface area contributed by atoms with Crippen LogP contribution in [-0.4, -0.2) is 139 Å². The van der Waals surface area contributed by atoms with E-state index in [-0.39, 0.29) is 79.2 Å². The second-order valence-electron chi connectivity index (χ2n) is 12.8. The predicted octanol–water partition coefficient (Wildman–Crippen LogP) is 2.62. The molecule has 2 amide bonds. The molecule has 5 N–H and O–H groups in total. The molecule has 17 nitrogen and oxygen atoms in total. The molecule has 4 aromatic heterocycles. The van der Waals surface area contributed by atoms with Gasteiger partial charge in [0.1, 0.15) is 0 Å². The second kappa shape index (κ2) is 19.5.